The van der Waals surface area contributed by atoms with Crippen LogP contribution < -0.4 is 0 Å². The van der Waals surface area contributed by atoms with Gasteiger partial charge in [0.2, 0.25) is 17.4 Å². The topological polar surface area (TPSA) is 150 Å². The van der Waals surface area contributed by atoms with E-state index in [1.165, 1.54) is 15.0 Å². The van der Waals surface area contributed by atoms with E-state index < -0.39 is 17.1 Å². The van der Waals surface area contributed by atoms with Gasteiger partial charge >= 0.3 is 17.1 Å². The van der Waals surface area contributed by atoms with Crippen LogP contribution in [0, 0.1) is 0 Å². The highest BCUT2D eigenvalue weighted by molar-refractivity contribution is 8.24. The molecule has 0 aliphatic rings. The summed E-state index contributed by atoms with van der Waals surface area (Å²) < 4.78 is 22.0. The fourth-order valence-electron chi connectivity index (χ4n) is 2.51. The molecule has 0 spiro atoms. The van der Waals surface area contributed by atoms with E-state index in [4.69, 9.17) is 21.1 Å². The molecule has 0 saturated heterocycles. The number of nitrogens with zero attached hydrogens (tertiary/aromatic N) is 6. The lowest BCUT2D eigenvalue weighted by Gasteiger charge is -2.00. The number of aromatic nitrogens is 6. The lowest BCUT2D eigenvalue weighted by molar-refractivity contribution is 0.0506. The zero-order chi connectivity index (χ0) is 26.2. The summed E-state index contributed by atoms with van der Waals surface area (Å²) in [7, 11) is 0. The molecule has 0 atom stereocenters. The molecule has 0 saturated carbocycles. The second-order valence-corrected chi connectivity index (χ2v) is 13.0. The van der Waals surface area contributed by atoms with Gasteiger partial charge in [-0.2, -0.15) is 9.97 Å². The molecule has 0 radical (unpaired) electrons. The van der Waals surface area contributed by atoms with Crippen LogP contribution in [0.3, 0.4) is 0 Å². The molecule has 0 aliphatic carbocycles. The standard InChI is InChI=1S/C9H8ClN3O2.C9H9N3O3.Cl3OP/c1-2-15-8(14)6-7(10)12-9-11-4-3-5-13(6)9;1-2-15-8(14)6-7(13)11-9-10-4-3-5-12(6)9;1-5(2,3)4/h3-5H,2H2,1H3;3-5,13H,2H2,1H3;. The zero-order valence-electron chi connectivity index (χ0n) is 18.0. The maximum atomic E-state index is 11.5. The van der Waals surface area contributed by atoms with E-state index in [1.54, 1.807) is 44.6 Å². The molecule has 0 fully saturated rings. The van der Waals surface area contributed by atoms with E-state index in [-0.39, 0.29) is 34.8 Å². The molecule has 12 nitrogen and oxygen atoms in total. The van der Waals surface area contributed by atoms with Crippen molar-refractivity contribution >= 4 is 74.0 Å². The molecule has 0 unspecified atom stereocenters. The Morgan fingerprint density at radius 2 is 1.34 bits per heavy atom. The molecule has 0 aromatic carbocycles. The maximum Gasteiger partial charge on any atom is 0.361 e. The average molecular weight is 586 g/mol. The summed E-state index contributed by atoms with van der Waals surface area (Å²) in [5.41, 5.74) is 0.210. The number of hydrogen-bond acceptors (Lipinski definition) is 10. The SMILES string of the molecule is CCOC(=O)c1c(Cl)nc2ncccn12.CCOC(=O)c1c(O)nc2ncccn12.O=P(Cl)(Cl)Cl. The van der Waals surface area contributed by atoms with Gasteiger partial charge in [-0.3, -0.25) is 13.4 Å². The van der Waals surface area contributed by atoms with Crippen molar-refractivity contribution in [1.29, 1.82) is 0 Å². The third-order valence-corrected chi connectivity index (χ3v) is 3.95. The Morgan fingerprint density at radius 1 is 0.914 bits per heavy atom. The molecular weight excluding hydrogens is 569 g/mol. The molecule has 4 aromatic heterocycles. The first-order valence-corrected chi connectivity index (χ1v) is 14.3. The number of esters is 2. The molecule has 35 heavy (non-hydrogen) atoms. The number of carbonyl (C=O) groups is 2. The Hall–Kier alpha value is -2.63. The predicted molar refractivity (Wildman–Crippen MR) is 130 cm³/mol. The van der Waals surface area contributed by atoms with Crippen LogP contribution in [-0.2, 0) is 14.0 Å². The van der Waals surface area contributed by atoms with Gasteiger partial charge < -0.3 is 14.6 Å². The molecular formula is C18H17Cl4N6O6P. The summed E-state index contributed by atoms with van der Waals surface area (Å²) in [6, 6.07) is 3.32. The van der Waals surface area contributed by atoms with Crippen LogP contribution in [0.1, 0.15) is 34.8 Å². The van der Waals surface area contributed by atoms with Crippen LogP contribution in [0.15, 0.2) is 36.9 Å². The molecule has 4 heterocycles. The number of ether oxygens (including phenoxy) is 2. The first kappa shape index (κ1) is 28.6. The number of rotatable bonds is 4. The van der Waals surface area contributed by atoms with Crippen LogP contribution in [0.2, 0.25) is 5.15 Å². The quantitative estimate of drug-likeness (QED) is 0.256. The third kappa shape index (κ3) is 8.22. The minimum absolute atomic E-state index is 0.0000463. The van der Waals surface area contributed by atoms with E-state index in [0.717, 1.165) is 0 Å². The molecule has 1 N–H and O–H groups in total. The van der Waals surface area contributed by atoms with Gasteiger partial charge in [0, 0.05) is 24.8 Å². The highest BCUT2D eigenvalue weighted by Gasteiger charge is 2.20. The summed E-state index contributed by atoms with van der Waals surface area (Å²) in [5, 5.41) is 6.34. The Balaban J connectivity index is 0.000000208. The van der Waals surface area contributed by atoms with Crippen molar-refractivity contribution in [3.05, 3.63) is 53.5 Å². The largest absolute Gasteiger partial charge is 0.492 e. The van der Waals surface area contributed by atoms with Gasteiger partial charge in [0.05, 0.1) is 13.2 Å². The summed E-state index contributed by atoms with van der Waals surface area (Å²) in [6.45, 7) is 3.96. The van der Waals surface area contributed by atoms with E-state index >= 15 is 0 Å². The van der Waals surface area contributed by atoms with E-state index in [2.05, 4.69) is 53.7 Å². The molecule has 4 aromatic rings. The highest BCUT2D eigenvalue weighted by Crippen LogP contribution is 2.61. The monoisotopic (exact) mass is 584 g/mol. The number of halogens is 4. The molecule has 0 amide bonds. The van der Waals surface area contributed by atoms with Crippen molar-refractivity contribution in [3.63, 3.8) is 0 Å². The molecule has 188 valence electrons. The van der Waals surface area contributed by atoms with Crippen molar-refractivity contribution in [2.45, 2.75) is 13.8 Å². The van der Waals surface area contributed by atoms with Gasteiger partial charge in [0.25, 0.3) is 0 Å². The summed E-state index contributed by atoms with van der Waals surface area (Å²) in [5.74, 6) is -0.839. The molecule has 0 bridgehead atoms. The fraction of sp³-hybridized carbons (Fsp3) is 0.222. The minimum atomic E-state index is -3.22. The maximum absolute atomic E-state index is 11.5. The Kier molecular flexibility index (Phi) is 10.5. The smallest absolute Gasteiger partial charge is 0.361 e. The molecule has 17 heteroatoms. The fourth-order valence-corrected chi connectivity index (χ4v) is 2.75. The second kappa shape index (κ2) is 12.9. The van der Waals surface area contributed by atoms with Crippen molar-refractivity contribution in [3.8, 4) is 5.88 Å². The van der Waals surface area contributed by atoms with Crippen LogP contribution >= 0.6 is 50.5 Å². The summed E-state index contributed by atoms with van der Waals surface area (Å²) in [4.78, 5) is 38.5. The Morgan fingerprint density at radius 3 is 1.83 bits per heavy atom. The van der Waals surface area contributed by atoms with E-state index in [0.29, 0.717) is 12.4 Å². The van der Waals surface area contributed by atoms with Crippen molar-refractivity contribution < 1.29 is 28.7 Å². The predicted octanol–water partition coefficient (Wildman–Crippen LogP) is 4.98. The van der Waals surface area contributed by atoms with Crippen LogP contribution in [0.25, 0.3) is 11.6 Å². The van der Waals surface area contributed by atoms with Gasteiger partial charge in [-0.05, 0) is 59.7 Å². The Bertz CT molecular complexity index is 1270. The van der Waals surface area contributed by atoms with Gasteiger partial charge in [-0.1, -0.05) is 11.6 Å². The lowest BCUT2D eigenvalue weighted by atomic mass is 10.4. The third-order valence-electron chi connectivity index (χ3n) is 3.68. The average Bonchev–Trinajstić information content (AvgIpc) is 3.28. The second-order valence-electron chi connectivity index (χ2n) is 5.95. The van der Waals surface area contributed by atoms with Gasteiger partial charge in [-0.15, -0.1) is 0 Å². The van der Waals surface area contributed by atoms with Crippen molar-refractivity contribution in [1.82, 2.24) is 28.7 Å². The number of imidazole rings is 2. The van der Waals surface area contributed by atoms with Crippen LogP contribution in [0.4, 0.5) is 0 Å². The lowest BCUT2D eigenvalue weighted by Crippen LogP contribution is -2.08. The van der Waals surface area contributed by atoms with E-state index in [9.17, 15) is 19.3 Å². The summed E-state index contributed by atoms with van der Waals surface area (Å²) in [6.07, 6.45) is 6.35. The highest BCUT2D eigenvalue weighted by atomic mass is 36.0. The first-order chi connectivity index (χ1) is 16.5. The van der Waals surface area contributed by atoms with Gasteiger partial charge in [0.15, 0.2) is 16.5 Å². The first-order valence-electron chi connectivity index (χ1n) is 9.51. The number of aromatic hydroxyl groups is 1. The molecule has 4 rings (SSSR count). The number of carbonyl (C=O) groups excluding carboxylic acids is 2. The van der Waals surface area contributed by atoms with Gasteiger partial charge in [-0.25, -0.2) is 19.6 Å². The van der Waals surface area contributed by atoms with E-state index in [1.807, 2.05) is 0 Å². The van der Waals surface area contributed by atoms with Gasteiger partial charge in [0.1, 0.15) is 0 Å². The minimum Gasteiger partial charge on any atom is -0.492 e. The normalized spacial score (nSPS) is 10.7. The Labute approximate surface area is 217 Å². The number of hydrogen-bond donors (Lipinski definition) is 1. The van der Waals surface area contributed by atoms with Crippen molar-refractivity contribution in [2.24, 2.45) is 0 Å². The zero-order valence-corrected chi connectivity index (χ0v) is 21.9. The van der Waals surface area contributed by atoms with Crippen LogP contribution in [-0.4, -0.2) is 59.0 Å². The van der Waals surface area contributed by atoms with Crippen molar-refractivity contribution in [2.75, 3.05) is 13.2 Å². The molecule has 0 aliphatic heterocycles. The summed E-state index contributed by atoms with van der Waals surface area (Å²) >= 11 is 19.7. The number of fused-ring (bicyclic) bond motifs is 2. The van der Waals surface area contributed by atoms with Crippen LogP contribution in [0.5, 0.6) is 5.88 Å².